The first-order chi connectivity index (χ1) is 9.29. The monoisotopic (exact) mass is 258 g/mol. The molecule has 3 heterocycles. The first-order valence-electron chi connectivity index (χ1n) is 7.33. The van der Waals surface area contributed by atoms with Gasteiger partial charge in [-0.05, 0) is 38.8 Å². The van der Waals surface area contributed by atoms with E-state index in [0.717, 1.165) is 25.0 Å². The third-order valence-electron chi connectivity index (χ3n) is 4.02. The Kier molecular flexibility index (Phi) is 3.51. The lowest BCUT2D eigenvalue weighted by Gasteiger charge is -2.28. The maximum absolute atomic E-state index is 4.86. The summed E-state index contributed by atoms with van der Waals surface area (Å²) in [6, 6.07) is 2.68. The largest absolute Gasteiger partial charge is 0.328 e. The van der Waals surface area contributed by atoms with Gasteiger partial charge in [-0.3, -0.25) is 4.98 Å². The topological polar surface area (TPSA) is 42.7 Å². The fourth-order valence-electron chi connectivity index (χ4n) is 3.14. The molecule has 1 saturated heterocycles. The summed E-state index contributed by atoms with van der Waals surface area (Å²) >= 11 is 0. The first kappa shape index (κ1) is 12.6. The van der Waals surface area contributed by atoms with E-state index in [1.165, 1.54) is 24.2 Å². The van der Waals surface area contributed by atoms with Crippen molar-refractivity contribution in [3.8, 4) is 0 Å². The zero-order valence-corrected chi connectivity index (χ0v) is 11.8. The molecule has 0 aliphatic carbocycles. The van der Waals surface area contributed by atoms with Gasteiger partial charge in [0.05, 0.1) is 11.7 Å². The van der Waals surface area contributed by atoms with Crippen LogP contribution in [-0.2, 0) is 6.54 Å². The van der Waals surface area contributed by atoms with E-state index in [9.17, 15) is 0 Å². The number of piperidine rings is 1. The van der Waals surface area contributed by atoms with Gasteiger partial charge in [-0.1, -0.05) is 6.92 Å². The van der Waals surface area contributed by atoms with E-state index < -0.39 is 0 Å². The molecule has 1 fully saturated rings. The third-order valence-corrected chi connectivity index (χ3v) is 4.02. The van der Waals surface area contributed by atoms with E-state index >= 15 is 0 Å². The average molecular weight is 258 g/mol. The second-order valence-electron chi connectivity index (χ2n) is 5.56. The van der Waals surface area contributed by atoms with E-state index in [2.05, 4.69) is 34.8 Å². The van der Waals surface area contributed by atoms with Crippen LogP contribution in [0.5, 0.6) is 0 Å². The van der Waals surface area contributed by atoms with E-state index in [-0.39, 0.29) is 0 Å². The number of fused-ring (bicyclic) bond motifs is 1. The zero-order valence-electron chi connectivity index (χ0n) is 11.8. The van der Waals surface area contributed by atoms with Crippen molar-refractivity contribution in [3.05, 3.63) is 24.3 Å². The fourth-order valence-corrected chi connectivity index (χ4v) is 3.14. The highest BCUT2D eigenvalue weighted by Crippen LogP contribution is 2.29. The van der Waals surface area contributed by atoms with Crippen LogP contribution in [0, 0.1) is 0 Å². The van der Waals surface area contributed by atoms with Gasteiger partial charge >= 0.3 is 0 Å². The van der Waals surface area contributed by atoms with Crippen LogP contribution < -0.4 is 5.32 Å². The lowest BCUT2D eigenvalue weighted by atomic mass is 9.92. The second-order valence-corrected chi connectivity index (χ2v) is 5.56. The van der Waals surface area contributed by atoms with Crippen LogP contribution in [0.25, 0.3) is 11.0 Å². The molecule has 0 spiro atoms. The Morgan fingerprint density at radius 1 is 1.47 bits per heavy atom. The molecule has 0 radical (unpaired) electrons. The van der Waals surface area contributed by atoms with Gasteiger partial charge in [0.15, 0.2) is 0 Å². The van der Waals surface area contributed by atoms with Crippen LogP contribution in [0.4, 0.5) is 0 Å². The SMILES string of the molecule is CCCn1c(C2CCNC(C)C2)nc2cnccc21. The summed E-state index contributed by atoms with van der Waals surface area (Å²) in [4.78, 5) is 9.06. The van der Waals surface area contributed by atoms with Crippen LogP contribution in [0.1, 0.15) is 44.9 Å². The molecule has 1 aliphatic rings. The quantitative estimate of drug-likeness (QED) is 0.920. The Hall–Kier alpha value is -1.42. The van der Waals surface area contributed by atoms with E-state index in [1.54, 1.807) is 0 Å². The molecule has 0 bridgehead atoms. The van der Waals surface area contributed by atoms with E-state index in [0.29, 0.717) is 12.0 Å². The van der Waals surface area contributed by atoms with Crippen LogP contribution in [0.15, 0.2) is 18.5 Å². The van der Waals surface area contributed by atoms with E-state index in [1.807, 2.05) is 12.4 Å². The van der Waals surface area contributed by atoms with Crippen molar-refractivity contribution < 1.29 is 0 Å². The van der Waals surface area contributed by atoms with Crippen molar-refractivity contribution in [2.24, 2.45) is 0 Å². The minimum atomic E-state index is 0.579. The van der Waals surface area contributed by atoms with Crippen molar-refractivity contribution in [1.29, 1.82) is 0 Å². The van der Waals surface area contributed by atoms with Crippen LogP contribution >= 0.6 is 0 Å². The molecule has 2 unspecified atom stereocenters. The number of nitrogens with zero attached hydrogens (tertiary/aromatic N) is 3. The molecule has 3 rings (SSSR count). The van der Waals surface area contributed by atoms with Gasteiger partial charge in [0.25, 0.3) is 0 Å². The molecular weight excluding hydrogens is 236 g/mol. The smallest absolute Gasteiger partial charge is 0.113 e. The number of aryl methyl sites for hydroxylation is 1. The normalized spacial score (nSPS) is 23.9. The molecule has 2 aromatic rings. The number of pyridine rings is 1. The Morgan fingerprint density at radius 2 is 2.37 bits per heavy atom. The molecular formula is C15H22N4. The summed E-state index contributed by atoms with van der Waals surface area (Å²) < 4.78 is 2.40. The van der Waals surface area contributed by atoms with Gasteiger partial charge in [0.2, 0.25) is 0 Å². The number of imidazole rings is 1. The van der Waals surface area contributed by atoms with Crippen molar-refractivity contribution in [2.75, 3.05) is 6.54 Å². The second kappa shape index (κ2) is 5.29. The molecule has 2 atom stereocenters. The maximum atomic E-state index is 4.86. The lowest BCUT2D eigenvalue weighted by Crippen LogP contribution is -2.35. The van der Waals surface area contributed by atoms with Gasteiger partial charge in [0.1, 0.15) is 11.3 Å². The number of hydrogen-bond acceptors (Lipinski definition) is 3. The number of rotatable bonds is 3. The molecule has 0 aromatic carbocycles. The Bertz CT molecular complexity index is 560. The molecule has 4 heteroatoms. The lowest BCUT2D eigenvalue weighted by molar-refractivity contribution is 0.364. The maximum Gasteiger partial charge on any atom is 0.113 e. The predicted octanol–water partition coefficient (Wildman–Crippen LogP) is 2.70. The van der Waals surface area contributed by atoms with Gasteiger partial charge in [0, 0.05) is 24.7 Å². The Labute approximate surface area is 114 Å². The van der Waals surface area contributed by atoms with Gasteiger partial charge < -0.3 is 9.88 Å². The summed E-state index contributed by atoms with van der Waals surface area (Å²) in [7, 11) is 0. The molecule has 102 valence electrons. The Balaban J connectivity index is 2.03. The van der Waals surface area contributed by atoms with Crippen molar-refractivity contribution in [3.63, 3.8) is 0 Å². The molecule has 2 aromatic heterocycles. The first-order valence-corrected chi connectivity index (χ1v) is 7.33. The van der Waals surface area contributed by atoms with Crippen LogP contribution in [0.3, 0.4) is 0 Å². The number of aromatic nitrogens is 3. The minimum Gasteiger partial charge on any atom is -0.328 e. The number of nitrogens with one attached hydrogen (secondary N) is 1. The molecule has 0 saturated carbocycles. The molecule has 0 amide bonds. The summed E-state index contributed by atoms with van der Waals surface area (Å²) in [5, 5.41) is 3.52. The van der Waals surface area contributed by atoms with Gasteiger partial charge in [-0.2, -0.15) is 0 Å². The zero-order chi connectivity index (χ0) is 13.2. The molecule has 1 N–H and O–H groups in total. The highest BCUT2D eigenvalue weighted by Gasteiger charge is 2.25. The summed E-state index contributed by atoms with van der Waals surface area (Å²) in [5.74, 6) is 1.84. The fraction of sp³-hybridized carbons (Fsp3) is 0.600. The summed E-state index contributed by atoms with van der Waals surface area (Å²) in [5.41, 5.74) is 2.27. The standard InChI is InChI=1S/C15H22N4/c1-3-8-19-14-5-6-16-10-13(14)18-15(19)12-4-7-17-11(2)9-12/h5-6,10-12,17H,3-4,7-9H2,1-2H3. The highest BCUT2D eigenvalue weighted by molar-refractivity contribution is 5.74. The van der Waals surface area contributed by atoms with E-state index in [4.69, 9.17) is 4.98 Å². The predicted molar refractivity (Wildman–Crippen MR) is 77.3 cm³/mol. The molecule has 19 heavy (non-hydrogen) atoms. The molecule has 1 aliphatic heterocycles. The van der Waals surface area contributed by atoms with Crippen molar-refractivity contribution in [1.82, 2.24) is 19.9 Å². The van der Waals surface area contributed by atoms with Crippen molar-refractivity contribution >= 4 is 11.0 Å². The summed E-state index contributed by atoms with van der Waals surface area (Å²) in [6.07, 6.45) is 7.26. The van der Waals surface area contributed by atoms with Crippen LogP contribution in [-0.4, -0.2) is 27.1 Å². The third kappa shape index (κ3) is 2.37. The highest BCUT2D eigenvalue weighted by atomic mass is 15.1. The van der Waals surface area contributed by atoms with Gasteiger partial charge in [-0.15, -0.1) is 0 Å². The number of hydrogen-bond donors (Lipinski definition) is 1. The average Bonchev–Trinajstić information content (AvgIpc) is 2.79. The summed E-state index contributed by atoms with van der Waals surface area (Å²) in [6.45, 7) is 6.63. The Morgan fingerprint density at radius 3 is 3.16 bits per heavy atom. The molecule has 4 nitrogen and oxygen atoms in total. The van der Waals surface area contributed by atoms with Crippen molar-refractivity contribution in [2.45, 2.75) is 51.6 Å². The van der Waals surface area contributed by atoms with Gasteiger partial charge in [-0.25, -0.2) is 4.98 Å². The minimum absolute atomic E-state index is 0.579. The van der Waals surface area contributed by atoms with Crippen LogP contribution in [0.2, 0.25) is 0 Å².